The molecule has 0 fully saturated rings. The summed E-state index contributed by atoms with van der Waals surface area (Å²) in [6.07, 6.45) is 4.83. The van der Waals surface area contributed by atoms with Crippen molar-refractivity contribution in [3.8, 4) is 73.2 Å². The second-order valence-electron chi connectivity index (χ2n) is 20.0. The van der Waals surface area contributed by atoms with Crippen LogP contribution in [0.15, 0.2) is 212 Å². The Kier molecular flexibility index (Phi) is 8.44. The number of benzene rings is 9. The fraction of sp³-hybridized carbons (Fsp3) is 0.130. The summed E-state index contributed by atoms with van der Waals surface area (Å²) in [5.74, 6) is 0.543. The fourth-order valence-corrected chi connectivity index (χ4v) is 9.43. The summed E-state index contributed by atoms with van der Waals surface area (Å²) in [5, 5.41) is 1.46. The van der Waals surface area contributed by atoms with Gasteiger partial charge in [0.1, 0.15) is 5.82 Å². The number of fused-ring (bicyclic) bond motifs is 4. The van der Waals surface area contributed by atoms with E-state index in [9.17, 15) is 0 Å². The molecule has 0 atom stereocenters. The predicted molar refractivity (Wildman–Crippen MR) is 304 cm³/mol. The Morgan fingerprint density at radius 1 is 0.560 bits per heavy atom. The number of ether oxygens (including phenoxy) is 1. The molecular formula is C69H56N4OPt-2. The average Bonchev–Trinajstić information content (AvgIpc) is 1.11. The molecule has 3 aromatic heterocycles. The van der Waals surface area contributed by atoms with Gasteiger partial charge in [-0.05, 0) is 109 Å². The van der Waals surface area contributed by atoms with Crippen LogP contribution in [-0.4, -0.2) is 14.1 Å². The second kappa shape index (κ2) is 19.6. The molecule has 0 saturated heterocycles. The molecule has 0 spiro atoms. The van der Waals surface area contributed by atoms with Gasteiger partial charge in [-0.2, -0.15) is 18.2 Å². The van der Waals surface area contributed by atoms with Crippen LogP contribution in [0.4, 0.5) is 0 Å². The van der Waals surface area contributed by atoms with Crippen LogP contribution >= 0.6 is 0 Å². The van der Waals surface area contributed by atoms with Crippen LogP contribution < -0.4 is 9.30 Å². The first kappa shape index (κ1) is 32.3. The molecule has 9 aromatic carbocycles. The number of nitrogens with zero attached hydrogens (tertiary/aromatic N) is 4. The number of para-hydroxylation sites is 1. The maximum absolute atomic E-state index is 9.14. The van der Waals surface area contributed by atoms with Crippen molar-refractivity contribution in [2.75, 3.05) is 0 Å². The molecule has 0 saturated carbocycles. The number of aromatic nitrogens is 4. The third kappa shape index (κ3) is 9.32. The SMILES string of the molecule is [2H]c1c([2H])c([2H])c(-c2cc(-c3cccc(C(C)(C)C)c3)c(-[n+]3[c-]n(-c4[c-]c(Oc5[c-]c6c(cc5)c5ccccc5n6-c5cc(C([2H])([2H])[2H])c(-c6c([2H])c([2H])c([2H])c([2H])c6[2H])cn5)ccc4)c4cc(-c5c([2H])c([2H])c([2H])c([2H])c5[2H])ccc43)c(C(C)(C)C)c2)c([2H])c1[2H].[Pt]. The molecule has 0 aliphatic carbocycles. The van der Waals surface area contributed by atoms with Crippen LogP contribution in [0.25, 0.3) is 94.5 Å². The van der Waals surface area contributed by atoms with Crippen molar-refractivity contribution in [3.05, 3.63) is 247 Å². The van der Waals surface area contributed by atoms with E-state index in [1.807, 2.05) is 86.0 Å². The van der Waals surface area contributed by atoms with E-state index in [1.54, 1.807) is 51.6 Å². The zero-order valence-corrected chi connectivity index (χ0v) is 43.8. The third-order valence-electron chi connectivity index (χ3n) is 13.1. The molecule has 12 aromatic rings. The summed E-state index contributed by atoms with van der Waals surface area (Å²) in [5.41, 5.74) is 5.01. The van der Waals surface area contributed by atoms with Crippen LogP contribution in [0.5, 0.6) is 11.5 Å². The molecule has 0 unspecified atom stereocenters. The van der Waals surface area contributed by atoms with Gasteiger partial charge in [-0.3, -0.25) is 4.57 Å². The first-order chi connectivity index (χ1) is 43.3. The predicted octanol–water partition coefficient (Wildman–Crippen LogP) is 17.2. The van der Waals surface area contributed by atoms with Crippen molar-refractivity contribution >= 4 is 32.8 Å². The van der Waals surface area contributed by atoms with E-state index in [0.29, 0.717) is 61.1 Å². The molecule has 0 radical (unpaired) electrons. The number of hydrogen-bond donors (Lipinski definition) is 0. The Bertz CT molecular complexity index is 5030. The van der Waals surface area contributed by atoms with E-state index < -0.39 is 90.8 Å². The fourth-order valence-electron chi connectivity index (χ4n) is 9.43. The van der Waals surface area contributed by atoms with Crippen LogP contribution in [0, 0.1) is 25.3 Å². The minimum atomic E-state index is -2.84. The molecular weight excluding hydrogens is 1100 g/mol. The number of pyridine rings is 1. The minimum absolute atomic E-state index is 0. The van der Waals surface area contributed by atoms with Crippen LogP contribution in [0.1, 0.15) is 82.9 Å². The first-order valence-corrected chi connectivity index (χ1v) is 24.0. The molecule has 0 aliphatic heterocycles. The van der Waals surface area contributed by atoms with Crippen molar-refractivity contribution in [3.63, 3.8) is 0 Å². The van der Waals surface area contributed by atoms with E-state index in [4.69, 9.17) is 34.4 Å². The van der Waals surface area contributed by atoms with Gasteiger partial charge in [0, 0.05) is 54.0 Å². The standard InChI is InChI=1S/C69H56N4O.Pt/c1-46-37-66(70-44-60(46)49-25-15-10-16-26-49)73-62-32-18-17-31-57(62)58-35-34-56(43-64(58)73)74-55-30-20-29-54(42-55)71-45-72(63-36-33-50(41-65(63)71)47-21-11-8-12-22-47)67-59(51-27-19-28-53(38-51)68(2,3)4)39-52(40-61(67)69(5,6)7)48-23-13-9-14-24-48;/h8-41,44H,1-7H3;/q-2;/i1D3,8D,9D,10D,11D,12D,13D,14D,15D,16D,21D,22D,23D,24D,25D,26D;. The molecule has 0 aliphatic rings. The van der Waals surface area contributed by atoms with Crippen molar-refractivity contribution in [1.82, 2.24) is 14.1 Å². The quantitative estimate of drug-likeness (QED) is 0.107. The van der Waals surface area contributed by atoms with Crippen molar-refractivity contribution in [2.45, 2.75) is 59.2 Å². The van der Waals surface area contributed by atoms with Crippen LogP contribution in [0.2, 0.25) is 0 Å². The molecule has 3 heterocycles. The molecule has 6 heteroatoms. The van der Waals surface area contributed by atoms with E-state index >= 15 is 0 Å². The summed E-state index contributed by atoms with van der Waals surface area (Å²) in [7, 11) is 0. The van der Waals surface area contributed by atoms with Crippen molar-refractivity contribution in [2.24, 2.45) is 0 Å². The van der Waals surface area contributed by atoms with Gasteiger partial charge in [0.05, 0.1) is 37.3 Å². The molecule has 0 bridgehead atoms. The summed E-state index contributed by atoms with van der Waals surface area (Å²) in [6.45, 7) is 9.50. The zero-order valence-electron chi connectivity index (χ0n) is 59.6. The zero-order chi connectivity index (χ0) is 66.3. The normalized spacial score (nSPS) is 15.4. The molecule has 75 heavy (non-hydrogen) atoms. The molecule has 12 rings (SSSR count). The number of aryl methyl sites for hydroxylation is 1. The van der Waals surface area contributed by atoms with Gasteiger partial charge >= 0.3 is 0 Å². The van der Waals surface area contributed by atoms with Crippen LogP contribution in [-0.2, 0) is 31.9 Å². The van der Waals surface area contributed by atoms with E-state index in [2.05, 4.69) is 45.3 Å². The Hall–Kier alpha value is -8.11. The third-order valence-corrected chi connectivity index (χ3v) is 13.1. The summed E-state index contributed by atoms with van der Waals surface area (Å²) < 4.78 is 168. The minimum Gasteiger partial charge on any atom is -0.510 e. The number of imidazole rings is 1. The number of hydrogen-bond acceptors (Lipinski definition) is 2. The van der Waals surface area contributed by atoms with Crippen molar-refractivity contribution < 1.29 is 55.0 Å². The average molecular weight is 1170 g/mol. The Morgan fingerprint density at radius 3 is 1.97 bits per heavy atom. The molecule has 0 N–H and O–H groups in total. The summed E-state index contributed by atoms with van der Waals surface area (Å²) >= 11 is 0. The van der Waals surface area contributed by atoms with E-state index in [0.717, 1.165) is 16.5 Å². The van der Waals surface area contributed by atoms with Crippen molar-refractivity contribution in [1.29, 1.82) is 0 Å². The summed E-state index contributed by atoms with van der Waals surface area (Å²) in [6, 6.07) is 33.6. The van der Waals surface area contributed by atoms with E-state index in [-0.39, 0.29) is 83.7 Å². The molecule has 5 nitrogen and oxygen atoms in total. The monoisotopic (exact) mass is 1170 g/mol. The van der Waals surface area contributed by atoms with Gasteiger partial charge in [0.25, 0.3) is 6.33 Å². The molecule has 370 valence electrons. The topological polar surface area (TPSA) is 35.9 Å². The Balaban J connectivity index is 0.00000884. The maximum atomic E-state index is 9.14. The summed E-state index contributed by atoms with van der Waals surface area (Å²) in [4.78, 5) is 4.70. The van der Waals surface area contributed by atoms with E-state index in [1.165, 1.54) is 12.3 Å². The Morgan fingerprint density at radius 2 is 1.25 bits per heavy atom. The van der Waals surface area contributed by atoms with Gasteiger partial charge in [-0.15, -0.1) is 29.7 Å². The first-order valence-electron chi connectivity index (χ1n) is 33.0. The second-order valence-corrected chi connectivity index (χ2v) is 20.0. The van der Waals surface area contributed by atoms with Gasteiger partial charge in [-0.25, -0.2) is 4.98 Å². The smallest absolute Gasteiger partial charge is 0.268 e. The largest absolute Gasteiger partial charge is 0.510 e. The van der Waals surface area contributed by atoms with Gasteiger partial charge in [0.2, 0.25) is 0 Å². The number of rotatable bonds is 9. The van der Waals surface area contributed by atoms with Gasteiger partial charge in [-0.1, -0.05) is 198 Å². The molecule has 0 amide bonds. The van der Waals surface area contributed by atoms with Crippen LogP contribution in [0.3, 0.4) is 0 Å². The van der Waals surface area contributed by atoms with Gasteiger partial charge in [0.15, 0.2) is 0 Å². The maximum Gasteiger partial charge on any atom is 0.268 e. The Labute approximate surface area is 479 Å². The van der Waals surface area contributed by atoms with Gasteiger partial charge < -0.3 is 13.9 Å².